The van der Waals surface area contributed by atoms with Crippen LogP contribution in [0.25, 0.3) is 22.6 Å². The lowest BCUT2D eigenvalue weighted by atomic mass is 10.2. The van der Waals surface area contributed by atoms with Crippen LogP contribution in [0.4, 0.5) is 11.4 Å². The highest BCUT2D eigenvalue weighted by Crippen LogP contribution is 2.27. The molecule has 5 aromatic rings. The topological polar surface area (TPSA) is 111 Å². The smallest absolute Gasteiger partial charge is 0.291 e. The molecule has 31 heavy (non-hydrogen) atoms. The third kappa shape index (κ3) is 3.82. The van der Waals surface area contributed by atoms with Gasteiger partial charge in [-0.25, -0.2) is 4.98 Å². The van der Waals surface area contributed by atoms with Crippen LogP contribution in [0.15, 0.2) is 92.5 Å². The van der Waals surface area contributed by atoms with E-state index in [0.29, 0.717) is 28.4 Å². The van der Waals surface area contributed by atoms with E-state index < -0.39 is 0 Å². The average Bonchev–Trinajstić information content (AvgIpc) is 3.55. The van der Waals surface area contributed by atoms with E-state index in [9.17, 15) is 9.59 Å². The van der Waals surface area contributed by atoms with Crippen LogP contribution in [0.3, 0.4) is 0 Å². The largest absolute Gasteiger partial charge is 0.459 e. The fourth-order valence-electron chi connectivity index (χ4n) is 3.03. The molecule has 0 radical (unpaired) electrons. The maximum Gasteiger partial charge on any atom is 0.291 e. The third-order valence-electron chi connectivity index (χ3n) is 4.53. The minimum absolute atomic E-state index is 0.222. The van der Waals surface area contributed by atoms with E-state index in [1.54, 1.807) is 66.7 Å². The molecule has 0 saturated heterocycles. The fourth-order valence-corrected chi connectivity index (χ4v) is 3.03. The van der Waals surface area contributed by atoms with Crippen molar-refractivity contribution in [2.45, 2.75) is 0 Å². The molecule has 0 spiro atoms. The molecule has 2 amide bonds. The number of nitrogens with zero attached hydrogens (tertiary/aromatic N) is 1. The normalized spacial score (nSPS) is 10.8. The molecule has 2 N–H and O–H groups in total. The van der Waals surface area contributed by atoms with Gasteiger partial charge < -0.3 is 23.9 Å². The van der Waals surface area contributed by atoms with Crippen LogP contribution < -0.4 is 10.6 Å². The number of amides is 2. The fraction of sp³-hybridized carbons (Fsp3) is 0. The number of carbonyl (C=O) groups is 2. The van der Waals surface area contributed by atoms with Gasteiger partial charge in [-0.1, -0.05) is 0 Å². The first kappa shape index (κ1) is 18.4. The van der Waals surface area contributed by atoms with Crippen LogP contribution in [0.2, 0.25) is 0 Å². The summed E-state index contributed by atoms with van der Waals surface area (Å²) in [5, 5.41) is 5.52. The number of furan rings is 2. The molecule has 0 aliphatic rings. The minimum atomic E-state index is -0.347. The number of carbonyl (C=O) groups excluding carboxylic acids is 2. The van der Waals surface area contributed by atoms with E-state index in [-0.39, 0.29) is 23.3 Å². The van der Waals surface area contributed by atoms with Crippen LogP contribution in [-0.4, -0.2) is 16.8 Å². The molecule has 0 aliphatic heterocycles. The van der Waals surface area contributed by atoms with E-state index in [0.717, 1.165) is 5.56 Å². The zero-order valence-electron chi connectivity index (χ0n) is 16.0. The summed E-state index contributed by atoms with van der Waals surface area (Å²) in [6, 6.07) is 18.8. The zero-order valence-corrected chi connectivity index (χ0v) is 16.0. The highest BCUT2D eigenvalue weighted by molar-refractivity contribution is 6.03. The predicted molar refractivity (Wildman–Crippen MR) is 113 cm³/mol. The molecule has 3 heterocycles. The van der Waals surface area contributed by atoms with Crippen LogP contribution in [0, 0.1) is 0 Å². The minimum Gasteiger partial charge on any atom is -0.459 e. The van der Waals surface area contributed by atoms with Crippen LogP contribution in [-0.2, 0) is 0 Å². The maximum absolute atomic E-state index is 12.1. The summed E-state index contributed by atoms with van der Waals surface area (Å²) in [4.78, 5) is 28.7. The Morgan fingerprint density at radius 1 is 0.742 bits per heavy atom. The van der Waals surface area contributed by atoms with Crippen molar-refractivity contribution in [3.63, 3.8) is 0 Å². The van der Waals surface area contributed by atoms with Crippen LogP contribution in [0.5, 0.6) is 0 Å². The summed E-state index contributed by atoms with van der Waals surface area (Å²) in [6.45, 7) is 0. The summed E-state index contributed by atoms with van der Waals surface area (Å²) >= 11 is 0. The number of aromatic nitrogens is 1. The molecule has 0 bridgehead atoms. The number of oxazole rings is 1. The van der Waals surface area contributed by atoms with Crippen molar-refractivity contribution in [3.8, 4) is 11.5 Å². The summed E-state index contributed by atoms with van der Waals surface area (Å²) in [7, 11) is 0. The molecule has 0 saturated carbocycles. The first-order chi connectivity index (χ1) is 15.2. The van der Waals surface area contributed by atoms with Crippen molar-refractivity contribution in [3.05, 3.63) is 90.8 Å². The van der Waals surface area contributed by atoms with Gasteiger partial charge in [-0.3, -0.25) is 9.59 Å². The number of rotatable bonds is 5. The number of fused-ring (bicyclic) bond motifs is 1. The first-order valence-corrected chi connectivity index (χ1v) is 9.36. The van der Waals surface area contributed by atoms with E-state index >= 15 is 0 Å². The van der Waals surface area contributed by atoms with E-state index in [4.69, 9.17) is 13.3 Å². The summed E-state index contributed by atoms with van der Waals surface area (Å²) in [5.41, 5.74) is 3.12. The predicted octanol–water partition coefficient (Wildman–Crippen LogP) is 5.19. The molecule has 8 nitrogen and oxygen atoms in total. The molecule has 0 atom stereocenters. The maximum atomic E-state index is 12.1. The lowest BCUT2D eigenvalue weighted by Crippen LogP contribution is -2.10. The van der Waals surface area contributed by atoms with Crippen molar-refractivity contribution in [1.29, 1.82) is 0 Å². The van der Waals surface area contributed by atoms with Crippen molar-refractivity contribution < 1.29 is 22.8 Å². The summed E-state index contributed by atoms with van der Waals surface area (Å²) < 4.78 is 16.0. The molecule has 8 heteroatoms. The van der Waals surface area contributed by atoms with Gasteiger partial charge in [0.2, 0.25) is 5.89 Å². The van der Waals surface area contributed by atoms with Gasteiger partial charge in [0.1, 0.15) is 5.52 Å². The molecule has 0 aliphatic carbocycles. The molecule has 0 fully saturated rings. The molecular formula is C23H15N3O5. The zero-order chi connectivity index (χ0) is 21.2. The molecule has 3 aromatic heterocycles. The van der Waals surface area contributed by atoms with E-state index in [1.165, 1.54) is 12.5 Å². The van der Waals surface area contributed by atoms with Gasteiger partial charge in [0.05, 0.1) is 12.5 Å². The third-order valence-corrected chi connectivity index (χ3v) is 4.53. The monoisotopic (exact) mass is 413 g/mol. The Hall–Kier alpha value is -4.59. The number of anilines is 2. The van der Waals surface area contributed by atoms with Crippen LogP contribution >= 0.6 is 0 Å². The number of hydrogen-bond acceptors (Lipinski definition) is 6. The SMILES string of the molecule is O=C(Nc1ccc(-c2nc3cc(NC(=O)c4ccco4)ccc3o2)cc1)c1ccco1. The molecule has 5 rings (SSSR count). The van der Waals surface area contributed by atoms with Gasteiger partial charge in [-0.05, 0) is 66.7 Å². The second-order valence-corrected chi connectivity index (χ2v) is 6.64. The standard InChI is InChI=1S/C23H15N3O5/c27-21(19-3-1-11-29-19)24-15-7-5-14(6-8-15)23-26-17-13-16(9-10-18(17)31-23)25-22(28)20-4-2-12-30-20/h1-13H,(H,24,27)(H,25,28). The summed E-state index contributed by atoms with van der Waals surface area (Å²) in [6.07, 6.45) is 2.88. The Kier molecular flexibility index (Phi) is 4.57. The lowest BCUT2D eigenvalue weighted by molar-refractivity contribution is 0.0989. The number of hydrogen-bond donors (Lipinski definition) is 2. The number of nitrogens with one attached hydrogen (secondary N) is 2. The Bertz CT molecular complexity index is 1350. The van der Waals surface area contributed by atoms with Gasteiger partial charge >= 0.3 is 0 Å². The van der Waals surface area contributed by atoms with E-state index in [2.05, 4.69) is 15.6 Å². The van der Waals surface area contributed by atoms with E-state index in [1.807, 2.05) is 0 Å². The average molecular weight is 413 g/mol. The lowest BCUT2D eigenvalue weighted by Gasteiger charge is -2.03. The molecule has 2 aromatic carbocycles. The highest BCUT2D eigenvalue weighted by atomic mass is 16.4. The number of benzene rings is 2. The Morgan fingerprint density at radius 3 is 1.97 bits per heavy atom. The second-order valence-electron chi connectivity index (χ2n) is 6.64. The Morgan fingerprint density at radius 2 is 1.35 bits per heavy atom. The second kappa shape index (κ2) is 7.68. The van der Waals surface area contributed by atoms with Crippen molar-refractivity contribution in [2.75, 3.05) is 10.6 Å². The molecule has 152 valence electrons. The van der Waals surface area contributed by atoms with Gasteiger partial charge in [-0.15, -0.1) is 0 Å². The van der Waals surface area contributed by atoms with Gasteiger partial charge in [0.15, 0.2) is 17.1 Å². The van der Waals surface area contributed by atoms with Crippen molar-refractivity contribution in [2.24, 2.45) is 0 Å². The van der Waals surface area contributed by atoms with Gasteiger partial charge in [0, 0.05) is 16.9 Å². The molecular weight excluding hydrogens is 398 g/mol. The highest BCUT2D eigenvalue weighted by Gasteiger charge is 2.13. The first-order valence-electron chi connectivity index (χ1n) is 9.36. The van der Waals surface area contributed by atoms with Crippen molar-refractivity contribution >= 4 is 34.3 Å². The van der Waals surface area contributed by atoms with Gasteiger partial charge in [0.25, 0.3) is 11.8 Å². The van der Waals surface area contributed by atoms with Crippen molar-refractivity contribution in [1.82, 2.24) is 4.98 Å². The summed E-state index contributed by atoms with van der Waals surface area (Å²) in [5.74, 6) is 0.204. The molecule has 0 unspecified atom stereocenters. The Balaban J connectivity index is 1.33. The van der Waals surface area contributed by atoms with Gasteiger partial charge in [-0.2, -0.15) is 0 Å². The Labute approximate surface area is 175 Å². The van der Waals surface area contributed by atoms with Crippen LogP contribution in [0.1, 0.15) is 21.1 Å². The quantitative estimate of drug-likeness (QED) is 0.410.